The quantitative estimate of drug-likeness (QED) is 0.616. The van der Waals surface area contributed by atoms with Gasteiger partial charge in [0, 0.05) is 5.56 Å². The molecule has 2 nitrogen and oxygen atoms in total. The molecule has 3 rings (SSSR count). The second-order valence-electron chi connectivity index (χ2n) is 4.82. The van der Waals surface area contributed by atoms with Gasteiger partial charge < -0.3 is 0 Å². The molecule has 0 bridgehead atoms. The van der Waals surface area contributed by atoms with E-state index < -0.39 is 0 Å². The summed E-state index contributed by atoms with van der Waals surface area (Å²) in [5.74, 6) is 0. The fraction of sp³-hybridized carbons (Fsp3) is 0.118. The van der Waals surface area contributed by atoms with Crippen molar-refractivity contribution in [1.29, 1.82) is 0 Å². The van der Waals surface area contributed by atoms with E-state index in [4.69, 9.17) is 0 Å². The van der Waals surface area contributed by atoms with Gasteiger partial charge in [-0.15, -0.1) is 0 Å². The molecular weight excluding hydrogens is 232 g/mol. The standard InChI is InChI=1S/C17H17N2/c1-14-7-3-4-8-15(14)16-9-5-6-10-17(16)19-12-11-18(2)13-19/h3-13H,1-2H3/q+1. The zero-order valence-corrected chi connectivity index (χ0v) is 11.2. The Hall–Kier alpha value is -2.35. The first-order valence-electron chi connectivity index (χ1n) is 6.44. The lowest BCUT2D eigenvalue weighted by Crippen LogP contribution is -2.23. The van der Waals surface area contributed by atoms with E-state index in [9.17, 15) is 0 Å². The Morgan fingerprint density at radius 1 is 0.895 bits per heavy atom. The minimum atomic E-state index is 1.21. The molecule has 0 aliphatic carbocycles. The predicted octanol–water partition coefficient (Wildman–Crippen LogP) is 3.28. The van der Waals surface area contributed by atoms with E-state index in [1.165, 1.54) is 22.4 Å². The van der Waals surface area contributed by atoms with Gasteiger partial charge in [-0.05, 0) is 24.1 Å². The molecule has 0 spiro atoms. The molecule has 2 heteroatoms. The Morgan fingerprint density at radius 2 is 1.58 bits per heavy atom. The van der Waals surface area contributed by atoms with E-state index in [2.05, 4.69) is 83.3 Å². The van der Waals surface area contributed by atoms with Crippen molar-refractivity contribution in [2.75, 3.05) is 0 Å². The summed E-state index contributed by atoms with van der Waals surface area (Å²) < 4.78 is 4.20. The van der Waals surface area contributed by atoms with Gasteiger partial charge in [0.2, 0.25) is 6.33 Å². The van der Waals surface area contributed by atoms with Gasteiger partial charge in [-0.1, -0.05) is 42.5 Å². The maximum Gasteiger partial charge on any atom is 0.248 e. The number of nitrogens with zero attached hydrogens (tertiary/aromatic N) is 2. The van der Waals surface area contributed by atoms with Crippen LogP contribution in [0.25, 0.3) is 16.8 Å². The van der Waals surface area contributed by atoms with E-state index in [0.29, 0.717) is 0 Å². The molecule has 0 radical (unpaired) electrons. The molecule has 0 amide bonds. The van der Waals surface area contributed by atoms with Gasteiger partial charge in [0.05, 0.1) is 7.05 Å². The van der Waals surface area contributed by atoms with Crippen molar-refractivity contribution in [3.05, 3.63) is 72.8 Å². The van der Waals surface area contributed by atoms with Crippen LogP contribution < -0.4 is 4.57 Å². The zero-order chi connectivity index (χ0) is 13.2. The summed E-state index contributed by atoms with van der Waals surface area (Å²) in [6.07, 6.45) is 6.21. The molecule has 1 aromatic heterocycles. The molecule has 3 aromatic rings. The Labute approximate surface area is 113 Å². The maximum absolute atomic E-state index is 2.18. The van der Waals surface area contributed by atoms with Crippen LogP contribution in [0.3, 0.4) is 0 Å². The smallest absolute Gasteiger partial charge is 0.239 e. The lowest BCUT2D eigenvalue weighted by Gasteiger charge is -2.08. The number of hydrogen-bond donors (Lipinski definition) is 0. The van der Waals surface area contributed by atoms with Crippen molar-refractivity contribution in [2.45, 2.75) is 6.92 Å². The summed E-state index contributed by atoms with van der Waals surface area (Å²) in [4.78, 5) is 0. The predicted molar refractivity (Wildman–Crippen MR) is 77.1 cm³/mol. The minimum Gasteiger partial charge on any atom is -0.239 e. The maximum atomic E-state index is 2.18. The van der Waals surface area contributed by atoms with Gasteiger partial charge in [0.25, 0.3) is 0 Å². The molecule has 0 aliphatic rings. The molecule has 1 heterocycles. The van der Waals surface area contributed by atoms with Gasteiger partial charge in [-0.2, -0.15) is 0 Å². The largest absolute Gasteiger partial charge is 0.248 e. The Kier molecular flexibility index (Phi) is 2.92. The molecule has 0 fully saturated rings. The number of benzene rings is 2. The van der Waals surface area contributed by atoms with Gasteiger partial charge >= 0.3 is 0 Å². The van der Waals surface area contributed by atoms with Crippen LogP contribution >= 0.6 is 0 Å². The number of hydrogen-bond acceptors (Lipinski definition) is 0. The number of aryl methyl sites for hydroxylation is 2. The summed E-state index contributed by atoms with van der Waals surface area (Å²) >= 11 is 0. The number of para-hydroxylation sites is 1. The van der Waals surface area contributed by atoms with Crippen molar-refractivity contribution in [3.8, 4) is 16.8 Å². The summed E-state index contributed by atoms with van der Waals surface area (Å²) in [6, 6.07) is 17.0. The first-order chi connectivity index (χ1) is 9.25. The highest BCUT2D eigenvalue weighted by molar-refractivity contribution is 5.75. The van der Waals surface area contributed by atoms with Gasteiger partial charge in [-0.3, -0.25) is 0 Å². The fourth-order valence-electron chi connectivity index (χ4n) is 2.39. The highest BCUT2D eigenvalue weighted by atomic mass is 15.1. The first kappa shape index (κ1) is 11.7. The third-order valence-electron chi connectivity index (χ3n) is 3.39. The minimum absolute atomic E-state index is 1.21. The van der Waals surface area contributed by atoms with Crippen LogP contribution in [0, 0.1) is 6.92 Å². The molecule has 0 N–H and O–H groups in total. The SMILES string of the molecule is Cc1ccccc1-c1ccccc1-n1cc[n+](C)c1. The van der Waals surface area contributed by atoms with E-state index in [1.807, 2.05) is 7.05 Å². The molecule has 2 aromatic carbocycles. The highest BCUT2D eigenvalue weighted by Crippen LogP contribution is 2.28. The zero-order valence-electron chi connectivity index (χ0n) is 11.2. The van der Waals surface area contributed by atoms with Gasteiger partial charge in [-0.25, -0.2) is 9.13 Å². The number of aromatic nitrogens is 2. The van der Waals surface area contributed by atoms with Crippen molar-refractivity contribution >= 4 is 0 Å². The molecule has 94 valence electrons. The molecular formula is C17H17N2+. The van der Waals surface area contributed by atoms with E-state index in [0.717, 1.165) is 0 Å². The molecule has 0 atom stereocenters. The molecule has 0 unspecified atom stereocenters. The second kappa shape index (κ2) is 4.73. The average molecular weight is 249 g/mol. The second-order valence-corrected chi connectivity index (χ2v) is 4.82. The van der Waals surface area contributed by atoms with Crippen molar-refractivity contribution < 1.29 is 4.57 Å². The van der Waals surface area contributed by atoms with Crippen LogP contribution in [-0.2, 0) is 7.05 Å². The van der Waals surface area contributed by atoms with E-state index in [1.54, 1.807) is 0 Å². The summed E-state index contributed by atoms with van der Waals surface area (Å²) in [5.41, 5.74) is 5.05. The lowest BCUT2D eigenvalue weighted by molar-refractivity contribution is -0.670. The summed E-state index contributed by atoms with van der Waals surface area (Å²) in [6.45, 7) is 2.15. The van der Waals surface area contributed by atoms with Crippen LogP contribution in [-0.4, -0.2) is 4.57 Å². The monoisotopic (exact) mass is 249 g/mol. The normalized spacial score (nSPS) is 10.6. The Balaban J connectivity index is 2.21. The van der Waals surface area contributed by atoms with Crippen LogP contribution in [0.1, 0.15) is 5.56 Å². The Morgan fingerprint density at radius 3 is 2.26 bits per heavy atom. The summed E-state index contributed by atoms with van der Waals surface area (Å²) in [5, 5.41) is 0. The van der Waals surface area contributed by atoms with E-state index >= 15 is 0 Å². The van der Waals surface area contributed by atoms with Gasteiger partial charge in [0.1, 0.15) is 18.1 Å². The third kappa shape index (κ3) is 2.17. The molecule has 0 aliphatic heterocycles. The summed E-state index contributed by atoms with van der Waals surface area (Å²) in [7, 11) is 2.03. The van der Waals surface area contributed by atoms with Crippen LogP contribution in [0.2, 0.25) is 0 Å². The van der Waals surface area contributed by atoms with Crippen LogP contribution in [0.15, 0.2) is 67.3 Å². The fourth-order valence-corrected chi connectivity index (χ4v) is 2.39. The first-order valence-corrected chi connectivity index (χ1v) is 6.44. The third-order valence-corrected chi connectivity index (χ3v) is 3.39. The topological polar surface area (TPSA) is 8.81 Å². The molecule has 19 heavy (non-hydrogen) atoms. The van der Waals surface area contributed by atoms with Gasteiger partial charge in [0.15, 0.2) is 0 Å². The number of imidazole rings is 1. The van der Waals surface area contributed by atoms with Crippen molar-refractivity contribution in [1.82, 2.24) is 4.57 Å². The molecule has 0 saturated carbocycles. The van der Waals surface area contributed by atoms with Crippen molar-refractivity contribution in [3.63, 3.8) is 0 Å². The van der Waals surface area contributed by atoms with Crippen molar-refractivity contribution in [2.24, 2.45) is 7.05 Å². The number of rotatable bonds is 2. The Bertz CT molecular complexity index is 711. The average Bonchev–Trinajstić information content (AvgIpc) is 2.86. The molecule has 0 saturated heterocycles. The highest BCUT2D eigenvalue weighted by Gasteiger charge is 2.12. The lowest BCUT2D eigenvalue weighted by atomic mass is 9.99. The van der Waals surface area contributed by atoms with Crippen LogP contribution in [0.5, 0.6) is 0 Å². The van der Waals surface area contributed by atoms with E-state index in [-0.39, 0.29) is 0 Å². The van der Waals surface area contributed by atoms with Crippen LogP contribution in [0.4, 0.5) is 0 Å².